The number of amides is 1. The van der Waals surface area contributed by atoms with Crippen LogP contribution in [0.5, 0.6) is 11.5 Å². The molecule has 0 aliphatic carbocycles. The molecule has 1 aromatic carbocycles. The number of carbonyl (C=O) groups excluding carboxylic acids is 1. The number of ether oxygens (including phenoxy) is 1. The summed E-state index contributed by atoms with van der Waals surface area (Å²) in [4.78, 5) is 14.8. The van der Waals surface area contributed by atoms with Gasteiger partial charge in [0.2, 0.25) is 0 Å². The molecule has 94 valence electrons. The van der Waals surface area contributed by atoms with Gasteiger partial charge in [-0.2, -0.15) is 0 Å². The number of anilines is 1. The molecule has 0 unspecified atom stereocenters. The molecule has 0 atom stereocenters. The van der Waals surface area contributed by atoms with E-state index in [1.165, 1.54) is 12.3 Å². The summed E-state index contributed by atoms with van der Waals surface area (Å²) in [6, 6.07) is 10.1. The predicted molar refractivity (Wildman–Crippen MR) is 70.9 cm³/mol. The van der Waals surface area contributed by atoms with Crippen molar-refractivity contribution in [2.45, 2.75) is 0 Å². The van der Waals surface area contributed by atoms with E-state index in [9.17, 15) is 4.79 Å². The van der Waals surface area contributed by atoms with E-state index in [2.05, 4.69) is 4.98 Å². The van der Waals surface area contributed by atoms with Crippen molar-refractivity contribution in [3.8, 4) is 11.5 Å². The van der Waals surface area contributed by atoms with Crippen LogP contribution in [-0.4, -0.2) is 10.9 Å². The fraction of sp³-hybridized carbons (Fsp3) is 0. The smallest absolute Gasteiger partial charge is 0.267 e. The van der Waals surface area contributed by atoms with Gasteiger partial charge in [-0.1, -0.05) is 0 Å². The number of halogens is 1. The van der Waals surface area contributed by atoms with Gasteiger partial charge in [-0.05, 0) is 30.3 Å². The molecule has 5 nitrogen and oxygen atoms in total. The number of hydrogen-bond acceptors (Lipinski definition) is 4. The minimum atomic E-state index is -0.590. The number of benzene rings is 1. The van der Waals surface area contributed by atoms with Crippen LogP contribution >= 0.6 is 12.4 Å². The molecule has 1 aromatic heterocycles. The van der Waals surface area contributed by atoms with E-state index in [4.69, 9.17) is 16.2 Å². The van der Waals surface area contributed by atoms with Crippen molar-refractivity contribution >= 4 is 24.0 Å². The highest BCUT2D eigenvalue weighted by molar-refractivity contribution is 5.91. The molecule has 1 amide bonds. The summed E-state index contributed by atoms with van der Waals surface area (Å²) >= 11 is 0. The molecular formula is C12H12ClN3O2. The Hall–Kier alpha value is -2.27. The zero-order valence-corrected chi connectivity index (χ0v) is 10.2. The average Bonchev–Trinajstić information content (AvgIpc) is 2.32. The molecule has 18 heavy (non-hydrogen) atoms. The monoisotopic (exact) mass is 265 g/mol. The Morgan fingerprint density at radius 3 is 2.39 bits per heavy atom. The van der Waals surface area contributed by atoms with Gasteiger partial charge in [0.1, 0.15) is 17.2 Å². The molecular weight excluding hydrogens is 254 g/mol. The summed E-state index contributed by atoms with van der Waals surface area (Å²) < 4.78 is 5.52. The maximum atomic E-state index is 10.9. The SMILES string of the molecule is Cl.NC(=O)c1cc(Oc2ccc(N)cc2)ccn1. The first-order valence-corrected chi connectivity index (χ1v) is 4.94. The zero-order chi connectivity index (χ0) is 12.3. The van der Waals surface area contributed by atoms with Crippen molar-refractivity contribution in [1.29, 1.82) is 0 Å². The van der Waals surface area contributed by atoms with Crippen LogP contribution in [0, 0.1) is 0 Å². The van der Waals surface area contributed by atoms with E-state index >= 15 is 0 Å². The van der Waals surface area contributed by atoms with Crippen LogP contribution in [0.2, 0.25) is 0 Å². The van der Waals surface area contributed by atoms with E-state index in [0.29, 0.717) is 17.2 Å². The van der Waals surface area contributed by atoms with Crippen molar-refractivity contribution in [1.82, 2.24) is 4.98 Å². The van der Waals surface area contributed by atoms with Gasteiger partial charge in [-0.3, -0.25) is 9.78 Å². The van der Waals surface area contributed by atoms with Crippen molar-refractivity contribution in [2.24, 2.45) is 5.73 Å². The molecule has 0 fully saturated rings. The molecule has 0 aliphatic heterocycles. The normalized spacial score (nSPS) is 9.33. The third-order valence-electron chi connectivity index (χ3n) is 2.10. The van der Waals surface area contributed by atoms with Crippen molar-refractivity contribution < 1.29 is 9.53 Å². The lowest BCUT2D eigenvalue weighted by molar-refractivity contribution is 0.0995. The molecule has 6 heteroatoms. The number of aromatic nitrogens is 1. The maximum absolute atomic E-state index is 10.9. The van der Waals surface area contributed by atoms with Crippen LogP contribution in [0.15, 0.2) is 42.6 Å². The second-order valence-corrected chi connectivity index (χ2v) is 3.41. The average molecular weight is 266 g/mol. The molecule has 0 saturated carbocycles. The highest BCUT2D eigenvalue weighted by Crippen LogP contribution is 2.22. The van der Waals surface area contributed by atoms with Crippen LogP contribution < -0.4 is 16.2 Å². The van der Waals surface area contributed by atoms with Gasteiger partial charge in [-0.15, -0.1) is 12.4 Å². The number of hydrogen-bond donors (Lipinski definition) is 2. The summed E-state index contributed by atoms with van der Waals surface area (Å²) in [7, 11) is 0. The summed E-state index contributed by atoms with van der Waals surface area (Å²) in [5.41, 5.74) is 11.5. The summed E-state index contributed by atoms with van der Waals surface area (Å²) in [6.45, 7) is 0. The van der Waals surface area contributed by atoms with E-state index < -0.39 is 5.91 Å². The largest absolute Gasteiger partial charge is 0.457 e. The summed E-state index contributed by atoms with van der Waals surface area (Å²) in [6.07, 6.45) is 1.47. The van der Waals surface area contributed by atoms with Crippen LogP contribution in [-0.2, 0) is 0 Å². The molecule has 0 radical (unpaired) electrons. The molecule has 0 spiro atoms. The third-order valence-corrected chi connectivity index (χ3v) is 2.10. The molecule has 4 N–H and O–H groups in total. The van der Waals surface area contributed by atoms with Gasteiger partial charge < -0.3 is 16.2 Å². The van der Waals surface area contributed by atoms with Gasteiger partial charge in [0, 0.05) is 18.0 Å². The van der Waals surface area contributed by atoms with Gasteiger partial charge in [-0.25, -0.2) is 0 Å². The van der Waals surface area contributed by atoms with Gasteiger partial charge >= 0.3 is 0 Å². The second-order valence-electron chi connectivity index (χ2n) is 3.41. The van der Waals surface area contributed by atoms with Crippen LogP contribution in [0.4, 0.5) is 5.69 Å². The molecule has 1 heterocycles. The van der Waals surface area contributed by atoms with Crippen LogP contribution in [0.1, 0.15) is 10.5 Å². The minimum Gasteiger partial charge on any atom is -0.457 e. The van der Waals surface area contributed by atoms with Gasteiger partial charge in [0.25, 0.3) is 5.91 Å². The predicted octanol–water partition coefficient (Wildman–Crippen LogP) is 1.98. The van der Waals surface area contributed by atoms with Crippen LogP contribution in [0.25, 0.3) is 0 Å². The lowest BCUT2D eigenvalue weighted by atomic mass is 10.3. The molecule has 2 rings (SSSR count). The molecule has 0 aliphatic rings. The Kier molecular flexibility index (Phi) is 4.51. The fourth-order valence-corrected chi connectivity index (χ4v) is 1.28. The lowest BCUT2D eigenvalue weighted by Crippen LogP contribution is -2.12. The Morgan fingerprint density at radius 1 is 1.11 bits per heavy atom. The first-order chi connectivity index (χ1) is 8.15. The van der Waals surface area contributed by atoms with Crippen molar-refractivity contribution in [2.75, 3.05) is 5.73 Å². The Balaban J connectivity index is 0.00000162. The van der Waals surface area contributed by atoms with E-state index in [1.807, 2.05) is 0 Å². The number of pyridine rings is 1. The summed E-state index contributed by atoms with van der Waals surface area (Å²) in [5.74, 6) is 0.534. The van der Waals surface area contributed by atoms with Crippen molar-refractivity contribution in [3.63, 3.8) is 0 Å². The van der Waals surface area contributed by atoms with Gasteiger partial charge in [0.05, 0.1) is 0 Å². The van der Waals surface area contributed by atoms with E-state index in [-0.39, 0.29) is 18.1 Å². The zero-order valence-electron chi connectivity index (χ0n) is 9.37. The Bertz CT molecular complexity index is 543. The Labute approximate surface area is 110 Å². The van der Waals surface area contributed by atoms with E-state index in [1.54, 1.807) is 30.3 Å². The number of nitrogens with two attached hydrogens (primary N) is 2. The topological polar surface area (TPSA) is 91.2 Å². The maximum Gasteiger partial charge on any atom is 0.267 e. The molecule has 0 bridgehead atoms. The fourth-order valence-electron chi connectivity index (χ4n) is 1.28. The number of nitrogens with zero attached hydrogens (tertiary/aromatic N) is 1. The first-order valence-electron chi connectivity index (χ1n) is 4.94. The summed E-state index contributed by atoms with van der Waals surface area (Å²) in [5, 5.41) is 0. The number of carbonyl (C=O) groups is 1. The highest BCUT2D eigenvalue weighted by atomic mass is 35.5. The molecule has 2 aromatic rings. The minimum absolute atomic E-state index is 0. The van der Waals surface area contributed by atoms with Crippen molar-refractivity contribution in [3.05, 3.63) is 48.3 Å². The van der Waals surface area contributed by atoms with E-state index in [0.717, 1.165) is 0 Å². The standard InChI is InChI=1S/C12H11N3O2.ClH/c13-8-1-3-9(4-2-8)17-10-5-6-15-11(7-10)12(14)16;/h1-7H,13H2,(H2,14,16);1H. The lowest BCUT2D eigenvalue weighted by Gasteiger charge is -2.06. The number of nitrogen functional groups attached to an aromatic ring is 1. The second kappa shape index (κ2) is 5.88. The highest BCUT2D eigenvalue weighted by Gasteiger charge is 2.04. The van der Waals surface area contributed by atoms with Gasteiger partial charge in [0.15, 0.2) is 0 Å². The number of rotatable bonds is 3. The van der Waals surface area contributed by atoms with Crippen LogP contribution in [0.3, 0.4) is 0 Å². The quantitative estimate of drug-likeness (QED) is 0.830. The Morgan fingerprint density at radius 2 is 1.78 bits per heavy atom. The molecule has 0 saturated heterocycles. The first kappa shape index (κ1) is 13.8. The number of primary amides is 1. The third kappa shape index (κ3) is 3.36.